The number of aryl methyl sites for hydroxylation is 2. The van der Waals surface area contributed by atoms with Crippen molar-refractivity contribution in [1.29, 1.82) is 0 Å². The minimum Gasteiger partial charge on any atom is -0.481 e. The molecule has 0 radical (unpaired) electrons. The molecule has 2 aromatic carbocycles. The van der Waals surface area contributed by atoms with Gasteiger partial charge in [0.15, 0.2) is 11.6 Å². The number of benzene rings is 2. The van der Waals surface area contributed by atoms with Crippen LogP contribution < -0.4 is 4.74 Å². The van der Waals surface area contributed by atoms with E-state index < -0.39 is 5.82 Å². The first kappa shape index (κ1) is 23.5. The van der Waals surface area contributed by atoms with E-state index in [-0.39, 0.29) is 17.9 Å². The lowest BCUT2D eigenvalue weighted by Crippen LogP contribution is -2.42. The van der Waals surface area contributed by atoms with E-state index >= 15 is 4.39 Å². The zero-order chi connectivity index (χ0) is 24.0. The number of rotatable bonds is 4. The van der Waals surface area contributed by atoms with E-state index in [1.165, 1.54) is 6.07 Å². The smallest absolute Gasteiger partial charge is 0.167 e. The van der Waals surface area contributed by atoms with Crippen molar-refractivity contribution in [3.8, 4) is 11.4 Å². The Bertz CT molecular complexity index is 1200. The lowest BCUT2D eigenvalue weighted by molar-refractivity contribution is 0.0775. The first-order valence-electron chi connectivity index (χ1n) is 11.6. The van der Waals surface area contributed by atoms with Crippen LogP contribution in [0.2, 0.25) is 10.0 Å². The minimum absolute atomic E-state index is 0.0545. The summed E-state index contributed by atoms with van der Waals surface area (Å²) < 4.78 is 23.6. The van der Waals surface area contributed by atoms with Crippen LogP contribution in [-0.2, 0) is 6.42 Å². The van der Waals surface area contributed by atoms with Crippen LogP contribution in [0, 0.1) is 19.7 Å². The molecule has 34 heavy (non-hydrogen) atoms. The maximum atomic E-state index is 15.3. The van der Waals surface area contributed by atoms with Crippen molar-refractivity contribution in [3.63, 3.8) is 0 Å². The van der Waals surface area contributed by atoms with Crippen LogP contribution >= 0.6 is 23.2 Å². The highest BCUT2D eigenvalue weighted by Gasteiger charge is 2.40. The van der Waals surface area contributed by atoms with Gasteiger partial charge in [-0.15, -0.1) is 10.2 Å². The third-order valence-corrected chi connectivity index (χ3v) is 7.46. The van der Waals surface area contributed by atoms with Crippen molar-refractivity contribution in [3.05, 3.63) is 69.0 Å². The van der Waals surface area contributed by atoms with Gasteiger partial charge in [-0.2, -0.15) is 0 Å². The highest BCUT2D eigenvalue weighted by molar-refractivity contribution is 6.35. The molecule has 6 nitrogen and oxygen atoms in total. The molecule has 0 N–H and O–H groups in total. The van der Waals surface area contributed by atoms with Crippen LogP contribution in [0.15, 0.2) is 30.3 Å². The van der Waals surface area contributed by atoms with Gasteiger partial charge >= 0.3 is 0 Å². The molecule has 0 bridgehead atoms. The molecule has 0 spiro atoms. The Labute approximate surface area is 209 Å². The van der Waals surface area contributed by atoms with E-state index in [4.69, 9.17) is 27.9 Å². The standard InChI is InChI=1S/C25H28Cl2FN5O/c1-15-29-30-16(2)33(15)18-5-6-24(22(28)13-18)34-25-20-11-17(26)12-21(27)19(20)14-23(25)32-8-4-7-31(3)9-10-32/h5-6,11-13,23,25H,4,7-10,14H2,1-3H3/t23-,25-/m0/s1. The molecule has 3 aromatic rings. The van der Waals surface area contributed by atoms with E-state index in [0.717, 1.165) is 50.1 Å². The molecule has 5 rings (SSSR count). The SMILES string of the molecule is Cc1nnc(C)n1-c1ccc(O[C@H]2c3cc(Cl)cc(Cl)c3C[C@@H]2N2CCCN(C)CC2)c(F)c1. The summed E-state index contributed by atoms with van der Waals surface area (Å²) >= 11 is 13.0. The van der Waals surface area contributed by atoms with Crippen molar-refractivity contribution >= 4 is 23.2 Å². The first-order chi connectivity index (χ1) is 16.3. The van der Waals surface area contributed by atoms with Crippen LogP contribution in [0.3, 0.4) is 0 Å². The third kappa shape index (κ3) is 4.42. The number of ether oxygens (including phenoxy) is 1. The molecule has 0 saturated carbocycles. The van der Waals surface area contributed by atoms with E-state index in [2.05, 4.69) is 27.0 Å². The van der Waals surface area contributed by atoms with Crippen LogP contribution in [0.25, 0.3) is 5.69 Å². The molecular weight excluding hydrogens is 476 g/mol. The van der Waals surface area contributed by atoms with Gasteiger partial charge in [0.2, 0.25) is 0 Å². The van der Waals surface area contributed by atoms with Gasteiger partial charge in [-0.3, -0.25) is 9.47 Å². The number of hydrogen-bond donors (Lipinski definition) is 0. The monoisotopic (exact) mass is 503 g/mol. The largest absolute Gasteiger partial charge is 0.481 e. The summed E-state index contributed by atoms with van der Waals surface area (Å²) in [5.41, 5.74) is 2.63. The lowest BCUT2D eigenvalue weighted by Gasteiger charge is -2.32. The topological polar surface area (TPSA) is 46.4 Å². The molecule has 0 amide bonds. The van der Waals surface area contributed by atoms with Gasteiger partial charge in [-0.25, -0.2) is 4.39 Å². The van der Waals surface area contributed by atoms with Gasteiger partial charge in [-0.05, 0) is 76.7 Å². The predicted octanol–water partition coefficient (Wildman–Crippen LogP) is 5.01. The normalized spacial score (nSPS) is 21.5. The molecule has 1 aromatic heterocycles. The lowest BCUT2D eigenvalue weighted by atomic mass is 10.1. The van der Waals surface area contributed by atoms with Crippen LogP contribution in [0.1, 0.15) is 35.3 Å². The second-order valence-corrected chi connectivity index (χ2v) is 10.0. The molecule has 180 valence electrons. The molecule has 1 aliphatic carbocycles. The van der Waals surface area contributed by atoms with E-state index in [9.17, 15) is 0 Å². The van der Waals surface area contributed by atoms with Gasteiger partial charge < -0.3 is 9.64 Å². The summed E-state index contributed by atoms with van der Waals surface area (Å²) in [5.74, 6) is 1.18. The molecule has 0 unspecified atom stereocenters. The Hall–Kier alpha value is -2.19. The number of aromatic nitrogens is 3. The molecule has 1 saturated heterocycles. The number of fused-ring (bicyclic) bond motifs is 1. The molecule has 9 heteroatoms. The Balaban J connectivity index is 1.49. The Morgan fingerprint density at radius 3 is 2.50 bits per heavy atom. The van der Waals surface area contributed by atoms with Crippen LogP contribution in [-0.4, -0.2) is 63.8 Å². The summed E-state index contributed by atoms with van der Waals surface area (Å²) in [7, 11) is 2.15. The quantitative estimate of drug-likeness (QED) is 0.500. The summed E-state index contributed by atoms with van der Waals surface area (Å²) in [5, 5.41) is 9.34. The third-order valence-electron chi connectivity index (χ3n) is 6.90. The number of halogens is 3. The van der Waals surface area contributed by atoms with E-state index in [0.29, 0.717) is 27.4 Å². The average Bonchev–Trinajstić information content (AvgIpc) is 3.22. The summed E-state index contributed by atoms with van der Waals surface area (Å²) in [4.78, 5) is 4.80. The van der Waals surface area contributed by atoms with Crippen molar-refractivity contribution < 1.29 is 9.13 Å². The molecule has 2 aliphatic rings. The maximum Gasteiger partial charge on any atom is 0.167 e. The molecule has 1 aliphatic heterocycles. The Kier molecular flexibility index (Phi) is 6.55. The molecular formula is C25H28Cl2FN5O. The predicted molar refractivity (Wildman–Crippen MR) is 132 cm³/mol. The zero-order valence-electron chi connectivity index (χ0n) is 19.6. The van der Waals surface area contributed by atoms with E-state index in [1.807, 2.05) is 30.5 Å². The van der Waals surface area contributed by atoms with Crippen LogP contribution in [0.4, 0.5) is 4.39 Å². The number of nitrogens with zero attached hydrogens (tertiary/aromatic N) is 5. The second kappa shape index (κ2) is 9.46. The van der Waals surface area contributed by atoms with Crippen molar-refractivity contribution in [1.82, 2.24) is 24.6 Å². The van der Waals surface area contributed by atoms with E-state index in [1.54, 1.807) is 12.1 Å². The summed E-state index contributed by atoms with van der Waals surface area (Å²) in [6.45, 7) is 7.61. The first-order valence-corrected chi connectivity index (χ1v) is 12.3. The minimum atomic E-state index is -0.430. The number of likely N-dealkylation sites (N-methyl/N-ethyl adjacent to an activating group) is 1. The molecule has 2 atom stereocenters. The van der Waals surface area contributed by atoms with Gasteiger partial charge in [0.1, 0.15) is 17.8 Å². The zero-order valence-corrected chi connectivity index (χ0v) is 21.1. The van der Waals surface area contributed by atoms with Gasteiger partial charge in [0.25, 0.3) is 0 Å². The number of hydrogen-bond acceptors (Lipinski definition) is 5. The Morgan fingerprint density at radius 1 is 1.00 bits per heavy atom. The van der Waals surface area contributed by atoms with Crippen molar-refractivity contribution in [2.24, 2.45) is 0 Å². The van der Waals surface area contributed by atoms with Gasteiger partial charge in [-0.1, -0.05) is 23.2 Å². The maximum absolute atomic E-state index is 15.3. The fourth-order valence-electron chi connectivity index (χ4n) is 5.18. The second-order valence-electron chi connectivity index (χ2n) is 9.20. The molecule has 2 heterocycles. The summed E-state index contributed by atoms with van der Waals surface area (Å²) in [6, 6.07) is 8.72. The summed E-state index contributed by atoms with van der Waals surface area (Å²) in [6.07, 6.45) is 1.46. The van der Waals surface area contributed by atoms with Crippen molar-refractivity contribution in [2.75, 3.05) is 33.2 Å². The Morgan fingerprint density at radius 2 is 1.76 bits per heavy atom. The average molecular weight is 504 g/mol. The highest BCUT2D eigenvalue weighted by atomic mass is 35.5. The fraction of sp³-hybridized carbons (Fsp3) is 0.440. The van der Waals surface area contributed by atoms with Crippen molar-refractivity contribution in [2.45, 2.75) is 38.8 Å². The highest BCUT2D eigenvalue weighted by Crippen LogP contribution is 2.43. The molecule has 1 fully saturated rings. The van der Waals surface area contributed by atoms with Gasteiger partial charge in [0, 0.05) is 34.8 Å². The fourth-order valence-corrected chi connectivity index (χ4v) is 5.77. The van der Waals surface area contributed by atoms with Gasteiger partial charge in [0.05, 0.1) is 11.7 Å². The van der Waals surface area contributed by atoms with Crippen LogP contribution in [0.5, 0.6) is 5.75 Å².